The molecular weight excluding hydrogens is 232 g/mol. The Bertz CT molecular complexity index is 519. The molecule has 1 fully saturated rings. The molecule has 0 N–H and O–H groups in total. The minimum atomic E-state index is -0.282. The van der Waals surface area contributed by atoms with E-state index in [0.29, 0.717) is 13.2 Å². The van der Waals surface area contributed by atoms with Gasteiger partial charge in [0.25, 0.3) is 0 Å². The van der Waals surface area contributed by atoms with Gasteiger partial charge in [-0.15, -0.1) is 0 Å². The molecule has 5 nitrogen and oxygen atoms in total. The molecule has 1 aliphatic rings. The summed E-state index contributed by atoms with van der Waals surface area (Å²) in [6.45, 7) is 1.27. The van der Waals surface area contributed by atoms with Gasteiger partial charge in [-0.1, -0.05) is 6.07 Å². The molecule has 0 atom stereocenters. The molecule has 5 heteroatoms. The lowest BCUT2D eigenvalue weighted by Crippen LogP contribution is -2.01. The first-order valence-electron chi connectivity index (χ1n) is 5.78. The van der Waals surface area contributed by atoms with Crippen LogP contribution in [0.3, 0.4) is 0 Å². The molecule has 0 amide bonds. The summed E-state index contributed by atoms with van der Waals surface area (Å²) in [5, 5.41) is 0. The number of hydrogen-bond acceptors (Lipinski definition) is 4. The first-order chi connectivity index (χ1) is 8.88. The Morgan fingerprint density at radius 3 is 2.83 bits per heavy atom. The van der Waals surface area contributed by atoms with Crippen LogP contribution in [0.25, 0.3) is 5.69 Å². The second-order valence-electron chi connectivity index (χ2n) is 3.97. The molecule has 2 aromatic rings. The quantitative estimate of drug-likeness (QED) is 0.830. The van der Waals surface area contributed by atoms with Crippen LogP contribution in [0.2, 0.25) is 0 Å². The third-order valence-corrected chi connectivity index (χ3v) is 2.88. The van der Waals surface area contributed by atoms with E-state index < -0.39 is 0 Å². The average molecular weight is 246 g/mol. The van der Waals surface area contributed by atoms with E-state index in [1.54, 1.807) is 19.6 Å². The van der Waals surface area contributed by atoms with E-state index in [1.165, 1.54) is 0 Å². The van der Waals surface area contributed by atoms with E-state index >= 15 is 0 Å². The minimum absolute atomic E-state index is 0.282. The van der Waals surface area contributed by atoms with Crippen molar-refractivity contribution >= 4 is 0 Å². The maximum atomic E-state index is 5.47. The van der Waals surface area contributed by atoms with Gasteiger partial charge in [0, 0.05) is 18.0 Å². The van der Waals surface area contributed by atoms with E-state index in [2.05, 4.69) is 4.98 Å². The van der Waals surface area contributed by atoms with Crippen LogP contribution in [0.1, 0.15) is 11.9 Å². The summed E-state index contributed by atoms with van der Waals surface area (Å²) in [7, 11) is 1.65. The fourth-order valence-electron chi connectivity index (χ4n) is 2.01. The number of benzene rings is 1. The molecule has 94 valence electrons. The van der Waals surface area contributed by atoms with Crippen LogP contribution in [0, 0.1) is 0 Å². The predicted molar refractivity (Wildman–Crippen MR) is 64.8 cm³/mol. The molecule has 3 rings (SSSR count). The summed E-state index contributed by atoms with van der Waals surface area (Å²) in [5.41, 5.74) is 1.91. The maximum absolute atomic E-state index is 5.47. The second-order valence-corrected chi connectivity index (χ2v) is 3.97. The molecule has 0 bridgehead atoms. The highest BCUT2D eigenvalue weighted by atomic mass is 16.7. The number of methoxy groups -OCH3 is 1. The van der Waals surface area contributed by atoms with E-state index in [9.17, 15) is 0 Å². The molecule has 0 radical (unpaired) electrons. The van der Waals surface area contributed by atoms with Crippen LogP contribution >= 0.6 is 0 Å². The van der Waals surface area contributed by atoms with Crippen molar-refractivity contribution < 1.29 is 14.2 Å². The van der Waals surface area contributed by atoms with Crippen LogP contribution in [0.15, 0.2) is 36.9 Å². The zero-order valence-corrected chi connectivity index (χ0v) is 10.1. The van der Waals surface area contributed by atoms with E-state index in [1.807, 2.05) is 29.0 Å². The summed E-state index contributed by atoms with van der Waals surface area (Å²) in [6.07, 6.45) is 5.06. The molecule has 1 aliphatic heterocycles. The van der Waals surface area contributed by atoms with Gasteiger partial charge in [0.15, 0.2) is 6.29 Å². The van der Waals surface area contributed by atoms with Gasteiger partial charge in [-0.05, 0) is 12.1 Å². The first-order valence-corrected chi connectivity index (χ1v) is 5.78. The van der Waals surface area contributed by atoms with Gasteiger partial charge in [-0.3, -0.25) is 0 Å². The van der Waals surface area contributed by atoms with E-state index in [-0.39, 0.29) is 6.29 Å². The molecular formula is C13H14N2O3. The molecule has 0 saturated carbocycles. The first kappa shape index (κ1) is 11.3. The Morgan fingerprint density at radius 1 is 1.33 bits per heavy atom. The summed E-state index contributed by atoms with van der Waals surface area (Å²) >= 11 is 0. The summed E-state index contributed by atoms with van der Waals surface area (Å²) in [4.78, 5) is 4.03. The van der Waals surface area contributed by atoms with Crippen LogP contribution < -0.4 is 4.74 Å². The highest BCUT2D eigenvalue weighted by molar-refractivity contribution is 5.49. The summed E-state index contributed by atoms with van der Waals surface area (Å²) in [6, 6.07) is 5.89. The monoisotopic (exact) mass is 246 g/mol. The van der Waals surface area contributed by atoms with Crippen molar-refractivity contribution in [1.82, 2.24) is 9.55 Å². The van der Waals surface area contributed by atoms with Crippen molar-refractivity contribution in [2.24, 2.45) is 0 Å². The van der Waals surface area contributed by atoms with Crippen molar-refractivity contribution in [3.05, 3.63) is 42.5 Å². The van der Waals surface area contributed by atoms with Crippen LogP contribution in [0.5, 0.6) is 5.75 Å². The summed E-state index contributed by atoms with van der Waals surface area (Å²) in [5.74, 6) is 0.768. The fraction of sp³-hybridized carbons (Fsp3) is 0.308. The van der Waals surface area contributed by atoms with Crippen LogP contribution in [-0.2, 0) is 9.47 Å². The van der Waals surface area contributed by atoms with Gasteiger partial charge in [-0.25, -0.2) is 4.98 Å². The molecule has 0 spiro atoms. The Kier molecular flexibility index (Phi) is 3.00. The zero-order chi connectivity index (χ0) is 12.4. The average Bonchev–Trinajstić information content (AvgIpc) is 3.11. The topological polar surface area (TPSA) is 45.5 Å². The van der Waals surface area contributed by atoms with Gasteiger partial charge in [-0.2, -0.15) is 0 Å². The number of rotatable bonds is 3. The highest BCUT2D eigenvalue weighted by Gasteiger charge is 2.19. The lowest BCUT2D eigenvalue weighted by molar-refractivity contribution is -0.0442. The van der Waals surface area contributed by atoms with Gasteiger partial charge in [0.1, 0.15) is 5.75 Å². The van der Waals surface area contributed by atoms with Gasteiger partial charge < -0.3 is 18.8 Å². The Hall–Kier alpha value is -1.85. The minimum Gasteiger partial charge on any atom is -0.495 e. The standard InChI is InChI=1S/C13H14N2O3/c1-16-12-8-10(13-17-6-7-18-13)2-3-11(12)15-5-4-14-9-15/h2-5,8-9,13H,6-7H2,1H3. The molecule has 1 aromatic carbocycles. The molecule has 0 unspecified atom stereocenters. The van der Waals surface area contributed by atoms with Gasteiger partial charge >= 0.3 is 0 Å². The number of ether oxygens (including phenoxy) is 3. The van der Waals surface area contributed by atoms with Crippen molar-refractivity contribution in [3.8, 4) is 11.4 Å². The smallest absolute Gasteiger partial charge is 0.184 e. The van der Waals surface area contributed by atoms with Gasteiger partial charge in [0.2, 0.25) is 0 Å². The zero-order valence-electron chi connectivity index (χ0n) is 10.1. The highest BCUT2D eigenvalue weighted by Crippen LogP contribution is 2.30. The predicted octanol–water partition coefficient (Wildman–Crippen LogP) is 1.93. The molecule has 2 heterocycles. The maximum Gasteiger partial charge on any atom is 0.184 e. The van der Waals surface area contributed by atoms with Gasteiger partial charge in [0.05, 0.1) is 32.3 Å². The number of imidazole rings is 1. The molecule has 1 aromatic heterocycles. The fourth-order valence-corrected chi connectivity index (χ4v) is 2.01. The normalized spacial score (nSPS) is 16.1. The molecule has 0 aliphatic carbocycles. The lowest BCUT2D eigenvalue weighted by atomic mass is 10.1. The lowest BCUT2D eigenvalue weighted by Gasteiger charge is -2.14. The van der Waals surface area contributed by atoms with E-state index in [4.69, 9.17) is 14.2 Å². The third kappa shape index (κ3) is 1.98. The van der Waals surface area contributed by atoms with Crippen molar-refractivity contribution in [1.29, 1.82) is 0 Å². The van der Waals surface area contributed by atoms with Crippen molar-refractivity contribution in [2.75, 3.05) is 20.3 Å². The third-order valence-electron chi connectivity index (χ3n) is 2.88. The Balaban J connectivity index is 1.97. The molecule has 1 saturated heterocycles. The van der Waals surface area contributed by atoms with Crippen LogP contribution in [-0.4, -0.2) is 29.9 Å². The molecule has 18 heavy (non-hydrogen) atoms. The Labute approximate surface area is 105 Å². The SMILES string of the molecule is COc1cc(C2OCCO2)ccc1-n1ccnc1. The number of nitrogens with zero attached hydrogens (tertiary/aromatic N) is 2. The number of aromatic nitrogens is 2. The van der Waals surface area contributed by atoms with E-state index in [0.717, 1.165) is 17.0 Å². The van der Waals surface area contributed by atoms with Crippen molar-refractivity contribution in [3.63, 3.8) is 0 Å². The Morgan fingerprint density at radius 2 is 2.17 bits per heavy atom. The summed E-state index contributed by atoms with van der Waals surface area (Å²) < 4.78 is 18.3. The van der Waals surface area contributed by atoms with Crippen molar-refractivity contribution in [2.45, 2.75) is 6.29 Å². The number of hydrogen-bond donors (Lipinski definition) is 0. The largest absolute Gasteiger partial charge is 0.495 e. The van der Waals surface area contributed by atoms with Crippen LogP contribution in [0.4, 0.5) is 0 Å². The second kappa shape index (κ2) is 4.80.